The van der Waals surface area contributed by atoms with Crippen LogP contribution in [0.1, 0.15) is 58.6 Å². The van der Waals surface area contributed by atoms with Gasteiger partial charge < -0.3 is 19.5 Å². The van der Waals surface area contributed by atoms with Gasteiger partial charge in [0.2, 0.25) is 0 Å². The molecule has 1 rings (SSSR count). The summed E-state index contributed by atoms with van der Waals surface area (Å²) in [7, 11) is 0. The Hall–Kier alpha value is -1.56. The molecule has 0 aliphatic heterocycles. The van der Waals surface area contributed by atoms with Crippen molar-refractivity contribution in [2.24, 2.45) is 0 Å². The van der Waals surface area contributed by atoms with Crippen LogP contribution in [0.2, 0.25) is 0 Å². The van der Waals surface area contributed by atoms with Crippen LogP contribution < -0.4 is 5.32 Å². The fourth-order valence-electron chi connectivity index (χ4n) is 2.18. The molecule has 1 amide bonds. The number of hydrogen-bond donors (Lipinski definition) is 1. The predicted molar refractivity (Wildman–Crippen MR) is 90.4 cm³/mol. The van der Waals surface area contributed by atoms with Crippen molar-refractivity contribution in [1.82, 2.24) is 15.4 Å². The Morgan fingerprint density at radius 1 is 1.22 bits per heavy atom. The fourth-order valence-corrected chi connectivity index (χ4v) is 2.18. The molecule has 132 valence electrons. The Morgan fingerprint density at radius 2 is 1.83 bits per heavy atom. The minimum atomic E-state index is -0.495. The van der Waals surface area contributed by atoms with Crippen molar-refractivity contribution in [1.29, 1.82) is 0 Å². The Kier molecular flexibility index (Phi) is 6.22. The van der Waals surface area contributed by atoms with Gasteiger partial charge in [-0.1, -0.05) is 5.16 Å². The largest absolute Gasteiger partial charge is 0.444 e. The van der Waals surface area contributed by atoms with Crippen molar-refractivity contribution in [2.45, 2.75) is 73.1 Å². The molecule has 0 saturated heterocycles. The molecular weight excluding hydrogens is 294 g/mol. The molecule has 1 aromatic rings. The number of ether oxygens (including phenoxy) is 1. The normalized spacial score (nSPS) is 12.3. The molecule has 0 radical (unpaired) electrons. The SMILES string of the molecule is Cc1noc(C)c1CNCCN(C(=O)OC(C)(C)C)C(C)(C)C. The first-order valence-corrected chi connectivity index (χ1v) is 8.05. The number of carbonyl (C=O) groups is 1. The lowest BCUT2D eigenvalue weighted by Gasteiger charge is -2.36. The maximum Gasteiger partial charge on any atom is 0.410 e. The third-order valence-electron chi connectivity index (χ3n) is 3.42. The zero-order valence-corrected chi connectivity index (χ0v) is 15.7. The molecule has 0 spiro atoms. The van der Waals surface area contributed by atoms with Crippen molar-refractivity contribution in [3.63, 3.8) is 0 Å². The molecule has 0 unspecified atom stereocenters. The zero-order valence-electron chi connectivity index (χ0n) is 15.7. The number of carbonyl (C=O) groups excluding carboxylic acids is 1. The van der Waals surface area contributed by atoms with E-state index in [1.54, 1.807) is 4.90 Å². The summed E-state index contributed by atoms with van der Waals surface area (Å²) in [6, 6.07) is 0. The van der Waals surface area contributed by atoms with Gasteiger partial charge in [-0.05, 0) is 55.4 Å². The van der Waals surface area contributed by atoms with Crippen LogP contribution >= 0.6 is 0 Å². The van der Waals surface area contributed by atoms with Crippen LogP contribution in [0.3, 0.4) is 0 Å². The van der Waals surface area contributed by atoms with Crippen LogP contribution in [0, 0.1) is 13.8 Å². The lowest BCUT2D eigenvalue weighted by molar-refractivity contribution is 0.00663. The summed E-state index contributed by atoms with van der Waals surface area (Å²) in [4.78, 5) is 14.1. The second kappa shape index (κ2) is 7.34. The van der Waals surface area contributed by atoms with E-state index < -0.39 is 5.60 Å². The summed E-state index contributed by atoms with van der Waals surface area (Å²) >= 11 is 0. The van der Waals surface area contributed by atoms with Crippen LogP contribution in [0.4, 0.5) is 4.79 Å². The summed E-state index contributed by atoms with van der Waals surface area (Å²) in [5.74, 6) is 0.829. The van der Waals surface area contributed by atoms with Gasteiger partial charge in [-0.2, -0.15) is 0 Å². The van der Waals surface area contributed by atoms with Gasteiger partial charge in [0.25, 0.3) is 0 Å². The second-order valence-electron chi connectivity index (χ2n) is 7.78. The number of nitrogens with one attached hydrogen (secondary N) is 1. The second-order valence-corrected chi connectivity index (χ2v) is 7.78. The van der Waals surface area contributed by atoms with E-state index in [-0.39, 0.29) is 11.6 Å². The van der Waals surface area contributed by atoms with Crippen molar-refractivity contribution >= 4 is 6.09 Å². The van der Waals surface area contributed by atoms with E-state index >= 15 is 0 Å². The van der Waals surface area contributed by atoms with E-state index in [4.69, 9.17) is 9.26 Å². The summed E-state index contributed by atoms with van der Waals surface area (Å²) < 4.78 is 10.6. The molecule has 0 bridgehead atoms. The molecule has 1 N–H and O–H groups in total. The molecule has 6 nitrogen and oxygen atoms in total. The quantitative estimate of drug-likeness (QED) is 0.840. The summed E-state index contributed by atoms with van der Waals surface area (Å²) in [5.41, 5.74) is 1.18. The number of nitrogens with zero attached hydrogens (tertiary/aromatic N) is 2. The fraction of sp³-hybridized carbons (Fsp3) is 0.765. The standard InChI is InChI=1S/C17H31N3O3/c1-12-14(13(2)23-19-12)11-18-9-10-20(16(3,4)5)15(21)22-17(6,7)8/h18H,9-11H2,1-8H3. The molecule has 0 aliphatic rings. The Labute approximate surface area is 139 Å². The monoisotopic (exact) mass is 325 g/mol. The number of amides is 1. The minimum absolute atomic E-state index is 0.288. The molecule has 0 aliphatic carbocycles. The van der Waals surface area contributed by atoms with Gasteiger partial charge >= 0.3 is 6.09 Å². The smallest absolute Gasteiger partial charge is 0.410 e. The average Bonchev–Trinajstić information content (AvgIpc) is 2.65. The highest BCUT2D eigenvalue weighted by molar-refractivity contribution is 5.69. The van der Waals surface area contributed by atoms with Gasteiger partial charge in [-0.3, -0.25) is 0 Å². The van der Waals surface area contributed by atoms with E-state index in [0.29, 0.717) is 19.6 Å². The predicted octanol–water partition coefficient (Wildman–Crippen LogP) is 3.42. The molecule has 23 heavy (non-hydrogen) atoms. The van der Waals surface area contributed by atoms with Gasteiger partial charge in [-0.25, -0.2) is 4.79 Å². The Balaban J connectivity index is 2.57. The van der Waals surface area contributed by atoms with Gasteiger partial charge in [0.15, 0.2) is 0 Å². The molecule has 6 heteroatoms. The molecule has 0 atom stereocenters. The average molecular weight is 325 g/mol. The molecule has 1 aromatic heterocycles. The van der Waals surface area contributed by atoms with E-state index in [1.165, 1.54) is 0 Å². The van der Waals surface area contributed by atoms with Crippen LogP contribution in [0.5, 0.6) is 0 Å². The lowest BCUT2D eigenvalue weighted by Crippen LogP contribution is -2.50. The van der Waals surface area contributed by atoms with Crippen molar-refractivity contribution in [2.75, 3.05) is 13.1 Å². The number of aromatic nitrogens is 1. The highest BCUT2D eigenvalue weighted by Gasteiger charge is 2.30. The van der Waals surface area contributed by atoms with Gasteiger partial charge in [0, 0.05) is 30.7 Å². The van der Waals surface area contributed by atoms with E-state index in [2.05, 4.69) is 10.5 Å². The lowest BCUT2D eigenvalue weighted by atomic mass is 10.1. The third kappa shape index (κ3) is 6.22. The van der Waals surface area contributed by atoms with Gasteiger partial charge in [-0.15, -0.1) is 0 Å². The maximum atomic E-state index is 12.4. The highest BCUT2D eigenvalue weighted by Crippen LogP contribution is 2.18. The molecule has 0 fully saturated rings. The topological polar surface area (TPSA) is 67.6 Å². The van der Waals surface area contributed by atoms with Crippen molar-refractivity contribution in [3.05, 3.63) is 17.0 Å². The van der Waals surface area contributed by atoms with Crippen molar-refractivity contribution < 1.29 is 14.1 Å². The van der Waals surface area contributed by atoms with Gasteiger partial charge in [0.1, 0.15) is 11.4 Å². The van der Waals surface area contributed by atoms with Crippen LogP contribution in [-0.2, 0) is 11.3 Å². The number of hydrogen-bond acceptors (Lipinski definition) is 5. The third-order valence-corrected chi connectivity index (χ3v) is 3.42. The maximum absolute atomic E-state index is 12.4. The van der Waals surface area contributed by atoms with Crippen LogP contribution in [0.25, 0.3) is 0 Å². The van der Waals surface area contributed by atoms with E-state index in [9.17, 15) is 4.79 Å². The van der Waals surface area contributed by atoms with E-state index in [0.717, 1.165) is 17.0 Å². The molecule has 0 saturated carbocycles. The first-order chi connectivity index (χ1) is 10.4. The molecular formula is C17H31N3O3. The number of rotatable bonds is 5. The summed E-state index contributed by atoms with van der Waals surface area (Å²) in [6.45, 7) is 17.4. The van der Waals surface area contributed by atoms with Crippen LogP contribution in [0.15, 0.2) is 4.52 Å². The number of aryl methyl sites for hydroxylation is 2. The first-order valence-electron chi connectivity index (χ1n) is 8.05. The van der Waals surface area contributed by atoms with Gasteiger partial charge in [0.05, 0.1) is 5.69 Å². The first kappa shape index (κ1) is 19.5. The molecule has 1 heterocycles. The Bertz CT molecular complexity index is 505. The van der Waals surface area contributed by atoms with E-state index in [1.807, 2.05) is 55.4 Å². The Morgan fingerprint density at radius 3 is 2.26 bits per heavy atom. The summed E-state index contributed by atoms with van der Waals surface area (Å²) in [6.07, 6.45) is -0.288. The van der Waals surface area contributed by atoms with Crippen molar-refractivity contribution in [3.8, 4) is 0 Å². The minimum Gasteiger partial charge on any atom is -0.444 e. The van der Waals surface area contributed by atoms with Crippen LogP contribution in [-0.4, -0.2) is 40.4 Å². The summed E-state index contributed by atoms with van der Waals surface area (Å²) in [5, 5.41) is 7.28. The zero-order chi connectivity index (χ0) is 17.8. The molecule has 0 aromatic carbocycles. The highest BCUT2D eigenvalue weighted by atomic mass is 16.6.